The van der Waals surface area contributed by atoms with Gasteiger partial charge in [0.25, 0.3) is 0 Å². The number of ether oxygens (including phenoxy) is 1. The SMILES string of the molecule is Nc1cccc(-c2cnn(COCC3CC3)c2)c1. The summed E-state index contributed by atoms with van der Waals surface area (Å²) >= 11 is 0. The van der Waals surface area contributed by atoms with E-state index in [2.05, 4.69) is 5.10 Å². The van der Waals surface area contributed by atoms with Gasteiger partial charge in [-0.3, -0.25) is 0 Å². The number of benzene rings is 1. The van der Waals surface area contributed by atoms with Crippen LogP contribution in [0.25, 0.3) is 11.1 Å². The molecule has 94 valence electrons. The number of nitrogens with two attached hydrogens (primary N) is 1. The van der Waals surface area contributed by atoms with E-state index in [9.17, 15) is 0 Å². The molecule has 0 amide bonds. The van der Waals surface area contributed by atoms with E-state index < -0.39 is 0 Å². The van der Waals surface area contributed by atoms with Crippen molar-refractivity contribution < 1.29 is 4.74 Å². The second-order valence-corrected chi connectivity index (χ2v) is 4.84. The minimum atomic E-state index is 0.527. The third-order valence-corrected chi connectivity index (χ3v) is 3.13. The Bertz CT molecular complexity index is 531. The molecule has 2 N–H and O–H groups in total. The zero-order valence-corrected chi connectivity index (χ0v) is 10.2. The van der Waals surface area contributed by atoms with Crippen LogP contribution in [0, 0.1) is 5.92 Å². The lowest BCUT2D eigenvalue weighted by atomic mass is 10.1. The van der Waals surface area contributed by atoms with Crippen molar-refractivity contribution in [1.29, 1.82) is 0 Å². The van der Waals surface area contributed by atoms with E-state index in [0.717, 1.165) is 29.3 Å². The predicted octanol–water partition coefficient (Wildman–Crippen LogP) is 2.52. The number of nitrogens with zero attached hydrogens (tertiary/aromatic N) is 2. The highest BCUT2D eigenvalue weighted by Crippen LogP contribution is 2.28. The molecule has 1 saturated carbocycles. The average molecular weight is 243 g/mol. The Morgan fingerprint density at radius 2 is 2.22 bits per heavy atom. The van der Waals surface area contributed by atoms with Gasteiger partial charge in [0.15, 0.2) is 0 Å². The number of hydrogen-bond acceptors (Lipinski definition) is 3. The first-order valence-electron chi connectivity index (χ1n) is 6.27. The molecule has 4 heteroatoms. The fourth-order valence-electron chi connectivity index (χ4n) is 1.90. The first-order chi connectivity index (χ1) is 8.81. The zero-order chi connectivity index (χ0) is 12.4. The molecule has 1 heterocycles. The highest BCUT2D eigenvalue weighted by atomic mass is 16.5. The van der Waals surface area contributed by atoms with Gasteiger partial charge in [-0.25, -0.2) is 4.68 Å². The molecule has 0 radical (unpaired) electrons. The zero-order valence-electron chi connectivity index (χ0n) is 10.2. The van der Waals surface area contributed by atoms with E-state index in [-0.39, 0.29) is 0 Å². The van der Waals surface area contributed by atoms with Gasteiger partial charge in [0.2, 0.25) is 0 Å². The van der Waals surface area contributed by atoms with Crippen molar-refractivity contribution >= 4 is 5.69 Å². The summed E-state index contributed by atoms with van der Waals surface area (Å²) < 4.78 is 7.41. The molecular weight excluding hydrogens is 226 g/mol. The number of anilines is 1. The first-order valence-corrected chi connectivity index (χ1v) is 6.27. The molecule has 0 spiro atoms. The molecule has 3 rings (SSSR count). The largest absolute Gasteiger partial charge is 0.399 e. The molecule has 0 saturated heterocycles. The summed E-state index contributed by atoms with van der Waals surface area (Å²) in [6.45, 7) is 1.38. The fourth-order valence-corrected chi connectivity index (χ4v) is 1.90. The minimum absolute atomic E-state index is 0.527. The van der Waals surface area contributed by atoms with Crippen molar-refractivity contribution in [2.45, 2.75) is 19.6 Å². The van der Waals surface area contributed by atoms with Gasteiger partial charge in [-0.2, -0.15) is 5.10 Å². The summed E-state index contributed by atoms with van der Waals surface area (Å²) in [5.74, 6) is 0.786. The second kappa shape index (κ2) is 4.82. The van der Waals surface area contributed by atoms with E-state index in [4.69, 9.17) is 10.5 Å². The normalized spacial score (nSPS) is 14.9. The molecule has 1 fully saturated rings. The maximum atomic E-state index is 5.77. The summed E-state index contributed by atoms with van der Waals surface area (Å²) in [5, 5.41) is 4.29. The summed E-state index contributed by atoms with van der Waals surface area (Å²) in [5.41, 5.74) is 8.69. The Kier molecular flexibility index (Phi) is 3.02. The van der Waals surface area contributed by atoms with E-state index >= 15 is 0 Å². The van der Waals surface area contributed by atoms with Crippen LogP contribution in [0.4, 0.5) is 5.69 Å². The predicted molar refractivity (Wildman–Crippen MR) is 70.8 cm³/mol. The molecule has 0 unspecified atom stereocenters. The van der Waals surface area contributed by atoms with Crippen LogP contribution in [-0.2, 0) is 11.5 Å². The van der Waals surface area contributed by atoms with Gasteiger partial charge in [-0.05, 0) is 36.5 Å². The lowest BCUT2D eigenvalue weighted by Crippen LogP contribution is -2.04. The lowest BCUT2D eigenvalue weighted by Gasteiger charge is -2.02. The molecule has 1 aliphatic carbocycles. The lowest BCUT2D eigenvalue weighted by molar-refractivity contribution is 0.0612. The van der Waals surface area contributed by atoms with E-state index in [1.807, 2.05) is 41.3 Å². The maximum Gasteiger partial charge on any atom is 0.139 e. The molecular formula is C14H17N3O. The van der Waals surface area contributed by atoms with Gasteiger partial charge >= 0.3 is 0 Å². The number of rotatable bonds is 5. The van der Waals surface area contributed by atoms with Crippen LogP contribution in [0.2, 0.25) is 0 Å². The summed E-state index contributed by atoms with van der Waals surface area (Å²) in [6, 6.07) is 7.81. The third kappa shape index (κ3) is 2.71. The van der Waals surface area contributed by atoms with Crippen molar-refractivity contribution in [3.05, 3.63) is 36.7 Å². The van der Waals surface area contributed by atoms with Crippen LogP contribution >= 0.6 is 0 Å². The van der Waals surface area contributed by atoms with E-state index in [1.165, 1.54) is 12.8 Å². The van der Waals surface area contributed by atoms with Crippen LogP contribution in [0.15, 0.2) is 36.7 Å². The molecule has 4 nitrogen and oxygen atoms in total. The Morgan fingerprint density at radius 3 is 3.00 bits per heavy atom. The van der Waals surface area contributed by atoms with Crippen LogP contribution in [0.5, 0.6) is 0 Å². The van der Waals surface area contributed by atoms with Gasteiger partial charge < -0.3 is 10.5 Å². The fraction of sp³-hybridized carbons (Fsp3) is 0.357. The molecule has 0 bridgehead atoms. The molecule has 1 aromatic carbocycles. The molecule has 0 atom stereocenters. The molecule has 18 heavy (non-hydrogen) atoms. The number of hydrogen-bond donors (Lipinski definition) is 1. The topological polar surface area (TPSA) is 53.1 Å². The minimum Gasteiger partial charge on any atom is -0.399 e. The van der Waals surface area contributed by atoms with Gasteiger partial charge in [0.1, 0.15) is 6.73 Å². The average Bonchev–Trinajstić information content (AvgIpc) is 3.06. The summed E-state index contributed by atoms with van der Waals surface area (Å²) in [7, 11) is 0. The van der Waals surface area contributed by atoms with Crippen molar-refractivity contribution in [2.75, 3.05) is 12.3 Å². The standard InChI is InChI=1S/C14H17N3O/c15-14-3-1-2-12(6-14)13-7-16-17(8-13)10-18-9-11-4-5-11/h1-3,6-8,11H,4-5,9-10,15H2. The Hall–Kier alpha value is -1.81. The van der Waals surface area contributed by atoms with Crippen molar-refractivity contribution in [1.82, 2.24) is 9.78 Å². The second-order valence-electron chi connectivity index (χ2n) is 4.84. The van der Waals surface area contributed by atoms with E-state index in [0.29, 0.717) is 6.73 Å². The number of aromatic nitrogens is 2. The molecule has 1 aromatic heterocycles. The Labute approximate surface area is 106 Å². The van der Waals surface area contributed by atoms with Crippen LogP contribution in [0.1, 0.15) is 12.8 Å². The maximum absolute atomic E-state index is 5.77. The third-order valence-electron chi connectivity index (χ3n) is 3.13. The van der Waals surface area contributed by atoms with Crippen LogP contribution in [-0.4, -0.2) is 16.4 Å². The van der Waals surface area contributed by atoms with Gasteiger partial charge in [0, 0.05) is 17.4 Å². The Balaban J connectivity index is 1.64. The van der Waals surface area contributed by atoms with Crippen LogP contribution < -0.4 is 5.73 Å². The molecule has 2 aromatic rings. The van der Waals surface area contributed by atoms with Crippen molar-refractivity contribution in [3.8, 4) is 11.1 Å². The molecule has 0 aliphatic heterocycles. The monoisotopic (exact) mass is 243 g/mol. The summed E-state index contributed by atoms with van der Waals surface area (Å²) in [6.07, 6.45) is 6.46. The van der Waals surface area contributed by atoms with Crippen LogP contribution in [0.3, 0.4) is 0 Å². The smallest absolute Gasteiger partial charge is 0.139 e. The Morgan fingerprint density at radius 1 is 1.33 bits per heavy atom. The van der Waals surface area contributed by atoms with Gasteiger partial charge in [0.05, 0.1) is 12.8 Å². The van der Waals surface area contributed by atoms with Gasteiger partial charge in [-0.1, -0.05) is 12.1 Å². The van der Waals surface area contributed by atoms with Crippen molar-refractivity contribution in [2.24, 2.45) is 5.92 Å². The summed E-state index contributed by atoms with van der Waals surface area (Å²) in [4.78, 5) is 0. The highest BCUT2D eigenvalue weighted by molar-refractivity contribution is 5.65. The highest BCUT2D eigenvalue weighted by Gasteiger charge is 2.21. The van der Waals surface area contributed by atoms with E-state index in [1.54, 1.807) is 0 Å². The first kappa shape index (κ1) is 11.3. The quantitative estimate of drug-likeness (QED) is 0.821. The van der Waals surface area contributed by atoms with Gasteiger partial charge in [-0.15, -0.1) is 0 Å². The molecule has 1 aliphatic rings. The number of nitrogen functional groups attached to an aromatic ring is 1. The van der Waals surface area contributed by atoms with Crippen molar-refractivity contribution in [3.63, 3.8) is 0 Å².